The molecular weight excluding hydrogens is 422 g/mol. The number of carbonyl (C=O) groups excluding carboxylic acids is 1. The molecule has 2 aromatic carbocycles. The maximum absolute atomic E-state index is 12.7. The van der Waals surface area contributed by atoms with E-state index in [1.165, 1.54) is 27.1 Å². The van der Waals surface area contributed by atoms with Crippen LogP contribution in [0.1, 0.15) is 42.9 Å². The third kappa shape index (κ3) is 4.40. The molecule has 2 unspecified atom stereocenters. The molecule has 0 aromatic heterocycles. The molecule has 0 bridgehead atoms. The molecule has 33 heavy (non-hydrogen) atoms. The molecule has 4 N–H and O–H groups in total. The third-order valence-corrected chi connectivity index (χ3v) is 10.8. The van der Waals surface area contributed by atoms with Crippen molar-refractivity contribution in [3.05, 3.63) is 82.6 Å². The van der Waals surface area contributed by atoms with Crippen molar-refractivity contribution in [2.45, 2.75) is 52.2 Å². The van der Waals surface area contributed by atoms with Crippen LogP contribution < -0.4 is 16.2 Å². The predicted molar refractivity (Wildman–Crippen MR) is 141 cm³/mol. The van der Waals surface area contributed by atoms with Gasteiger partial charge in [0.2, 0.25) is 5.91 Å². The monoisotopic (exact) mass is 457 g/mol. The van der Waals surface area contributed by atoms with Crippen molar-refractivity contribution in [1.29, 1.82) is 5.41 Å². The van der Waals surface area contributed by atoms with E-state index in [0.717, 1.165) is 5.69 Å². The molecule has 1 aliphatic carbocycles. The van der Waals surface area contributed by atoms with E-state index in [1.54, 1.807) is 0 Å². The van der Waals surface area contributed by atoms with Gasteiger partial charge in [0.15, 0.2) is 0 Å². The fourth-order valence-electron chi connectivity index (χ4n) is 5.45. The van der Waals surface area contributed by atoms with Crippen molar-refractivity contribution >= 4 is 30.6 Å². The van der Waals surface area contributed by atoms with E-state index >= 15 is 0 Å². The normalized spacial score (nSPS) is 21.8. The summed E-state index contributed by atoms with van der Waals surface area (Å²) >= 11 is 0. The van der Waals surface area contributed by atoms with Gasteiger partial charge in [-0.25, -0.2) is 0 Å². The standard InChI is InChI=1S/C28H35N3OSi/c1-17(2)14-24(30)28(32)31-20-11-13-23-26(16-20)33(4,5)25-15-19(29)10-12-22(25)27(23)21-9-7-6-8-18(21)3/h6-13,15-17,22,24,27,29H,14,30H2,1-5H3,(H,31,32)/t22?,24-,27?/m1/s1. The zero-order valence-corrected chi connectivity index (χ0v) is 21.3. The second kappa shape index (κ2) is 8.88. The number of hydrogen-bond donors (Lipinski definition) is 3. The van der Waals surface area contributed by atoms with E-state index in [0.29, 0.717) is 18.1 Å². The van der Waals surface area contributed by atoms with Crippen LogP contribution in [-0.2, 0) is 4.79 Å². The minimum absolute atomic E-state index is 0.131. The second-order valence-corrected chi connectivity index (χ2v) is 14.8. The van der Waals surface area contributed by atoms with Crippen LogP contribution in [0.5, 0.6) is 0 Å². The van der Waals surface area contributed by atoms with Crippen molar-refractivity contribution in [3.8, 4) is 0 Å². The van der Waals surface area contributed by atoms with Gasteiger partial charge < -0.3 is 16.5 Å². The molecule has 2 aliphatic rings. The Balaban J connectivity index is 1.81. The number of allylic oxidation sites excluding steroid dienone is 4. The molecule has 0 fully saturated rings. The van der Waals surface area contributed by atoms with Gasteiger partial charge in [-0.05, 0) is 65.4 Å². The van der Waals surface area contributed by atoms with Crippen LogP contribution in [0.2, 0.25) is 13.1 Å². The summed E-state index contributed by atoms with van der Waals surface area (Å²) in [4.78, 5) is 12.7. The van der Waals surface area contributed by atoms with Crippen molar-refractivity contribution in [2.24, 2.45) is 17.6 Å². The highest BCUT2D eigenvalue weighted by atomic mass is 28.3. The first-order chi connectivity index (χ1) is 15.6. The minimum atomic E-state index is -2.06. The highest BCUT2D eigenvalue weighted by molar-refractivity contribution is 6.96. The van der Waals surface area contributed by atoms with Crippen LogP contribution in [-0.4, -0.2) is 25.7 Å². The molecule has 5 heteroatoms. The Morgan fingerprint density at radius 3 is 2.58 bits per heavy atom. The number of aryl methyl sites for hydroxylation is 1. The molecule has 0 saturated carbocycles. The van der Waals surface area contributed by atoms with Crippen molar-refractivity contribution in [2.75, 3.05) is 5.32 Å². The first kappa shape index (κ1) is 23.4. The zero-order valence-electron chi connectivity index (χ0n) is 20.3. The summed E-state index contributed by atoms with van der Waals surface area (Å²) in [6.45, 7) is 11.1. The third-order valence-electron chi connectivity index (χ3n) is 7.15. The average Bonchev–Trinajstić information content (AvgIpc) is 2.75. The minimum Gasteiger partial charge on any atom is -0.325 e. The average molecular weight is 458 g/mol. The Morgan fingerprint density at radius 2 is 1.88 bits per heavy atom. The molecule has 1 heterocycles. The van der Waals surface area contributed by atoms with Crippen molar-refractivity contribution in [3.63, 3.8) is 0 Å². The largest absolute Gasteiger partial charge is 0.325 e. The number of benzene rings is 2. The van der Waals surface area contributed by atoms with E-state index in [2.05, 4.69) is 87.7 Å². The number of hydrogen-bond acceptors (Lipinski definition) is 3. The van der Waals surface area contributed by atoms with Gasteiger partial charge in [0.05, 0.1) is 11.8 Å². The van der Waals surface area contributed by atoms with Crippen LogP contribution in [0.15, 0.2) is 65.9 Å². The summed E-state index contributed by atoms with van der Waals surface area (Å²) in [5.41, 5.74) is 11.4. The summed E-state index contributed by atoms with van der Waals surface area (Å²) in [7, 11) is -2.06. The van der Waals surface area contributed by atoms with E-state index < -0.39 is 14.1 Å². The lowest BCUT2D eigenvalue weighted by Crippen LogP contribution is -2.54. The number of anilines is 1. The molecule has 0 saturated heterocycles. The molecule has 172 valence electrons. The van der Waals surface area contributed by atoms with Gasteiger partial charge in [-0.2, -0.15) is 0 Å². The fraction of sp³-hybridized carbons (Fsp3) is 0.357. The molecule has 4 nitrogen and oxygen atoms in total. The van der Waals surface area contributed by atoms with Gasteiger partial charge in [-0.1, -0.05) is 68.5 Å². The predicted octanol–water partition coefficient (Wildman–Crippen LogP) is 5.04. The smallest absolute Gasteiger partial charge is 0.241 e. The Labute approximate surface area is 198 Å². The SMILES string of the molecule is Cc1ccccc1C1c2ccc(NC(=O)[C@H](N)CC(C)C)cc2[Si](C)(C)C2=CC(=N)C=CC21. The summed E-state index contributed by atoms with van der Waals surface area (Å²) < 4.78 is 0. The number of nitrogens with one attached hydrogen (secondary N) is 2. The lowest BCUT2D eigenvalue weighted by atomic mass is 9.76. The quantitative estimate of drug-likeness (QED) is 0.550. The number of carbonyl (C=O) groups is 1. The Morgan fingerprint density at radius 1 is 1.15 bits per heavy atom. The maximum atomic E-state index is 12.7. The molecule has 0 spiro atoms. The van der Waals surface area contributed by atoms with Crippen LogP contribution in [0.3, 0.4) is 0 Å². The fourth-order valence-corrected chi connectivity index (χ4v) is 8.85. The number of fused-ring (bicyclic) bond motifs is 2. The van der Waals surface area contributed by atoms with Gasteiger partial charge in [0, 0.05) is 17.5 Å². The van der Waals surface area contributed by atoms with Crippen molar-refractivity contribution in [1.82, 2.24) is 0 Å². The molecule has 3 atom stereocenters. The van der Waals surface area contributed by atoms with Gasteiger partial charge in [0.25, 0.3) is 0 Å². The first-order valence-corrected chi connectivity index (χ1v) is 14.8. The molecule has 4 rings (SSSR count). The van der Waals surface area contributed by atoms with Gasteiger partial charge >= 0.3 is 0 Å². The van der Waals surface area contributed by atoms with E-state index in [4.69, 9.17) is 11.1 Å². The van der Waals surface area contributed by atoms with E-state index in [-0.39, 0.29) is 17.7 Å². The van der Waals surface area contributed by atoms with Crippen LogP contribution in [0.25, 0.3) is 0 Å². The first-order valence-electron chi connectivity index (χ1n) is 11.8. The number of rotatable bonds is 5. The van der Waals surface area contributed by atoms with Crippen LogP contribution in [0.4, 0.5) is 5.69 Å². The maximum Gasteiger partial charge on any atom is 0.241 e. The van der Waals surface area contributed by atoms with Crippen LogP contribution >= 0.6 is 0 Å². The Kier molecular flexibility index (Phi) is 6.30. The van der Waals surface area contributed by atoms with E-state index in [9.17, 15) is 4.79 Å². The lowest BCUT2D eigenvalue weighted by Gasteiger charge is -2.45. The number of nitrogens with two attached hydrogens (primary N) is 1. The Hall–Kier alpha value is -2.76. The van der Waals surface area contributed by atoms with Crippen molar-refractivity contribution < 1.29 is 4.79 Å². The molecule has 2 aromatic rings. The lowest BCUT2D eigenvalue weighted by molar-refractivity contribution is -0.117. The highest BCUT2D eigenvalue weighted by Crippen LogP contribution is 2.46. The summed E-state index contributed by atoms with van der Waals surface area (Å²) in [6, 6.07) is 14.5. The summed E-state index contributed by atoms with van der Waals surface area (Å²) in [5.74, 6) is 0.697. The number of amides is 1. The molecular formula is C28H35N3OSi. The van der Waals surface area contributed by atoms with Gasteiger partial charge in [0.1, 0.15) is 8.07 Å². The van der Waals surface area contributed by atoms with Gasteiger partial charge in [-0.3, -0.25) is 4.79 Å². The molecule has 1 aliphatic heterocycles. The van der Waals surface area contributed by atoms with Crippen LogP contribution in [0, 0.1) is 24.2 Å². The second-order valence-electron chi connectivity index (χ2n) is 10.4. The zero-order chi connectivity index (χ0) is 23.9. The summed E-state index contributed by atoms with van der Waals surface area (Å²) in [6.07, 6.45) is 6.93. The van der Waals surface area contributed by atoms with Gasteiger partial charge in [-0.15, -0.1) is 0 Å². The Bertz CT molecular complexity index is 1160. The molecule has 0 radical (unpaired) electrons. The summed E-state index contributed by atoms with van der Waals surface area (Å²) in [5, 5.41) is 14.1. The highest BCUT2D eigenvalue weighted by Gasteiger charge is 2.45. The topological polar surface area (TPSA) is 79.0 Å². The molecule has 1 amide bonds. The van der Waals surface area contributed by atoms with E-state index in [1.807, 2.05) is 12.1 Å².